The summed E-state index contributed by atoms with van der Waals surface area (Å²) < 4.78 is 14.3. The highest BCUT2D eigenvalue weighted by molar-refractivity contribution is 5.92. The summed E-state index contributed by atoms with van der Waals surface area (Å²) in [7, 11) is 3.44. The molecule has 1 saturated carbocycles. The number of nitrogens with one attached hydrogen (secondary N) is 1. The van der Waals surface area contributed by atoms with Gasteiger partial charge in [-0.3, -0.25) is 13.9 Å². The molecule has 2 aromatic heterocycles. The van der Waals surface area contributed by atoms with E-state index in [1.165, 1.54) is 0 Å². The number of nitrogens with zero attached hydrogens (tertiary/aromatic N) is 4. The van der Waals surface area contributed by atoms with Crippen molar-refractivity contribution in [2.24, 2.45) is 18.9 Å². The Hall–Kier alpha value is -3.33. The van der Waals surface area contributed by atoms with Crippen LogP contribution in [0.4, 0.5) is 11.5 Å². The molecule has 3 heterocycles. The molecule has 2 fully saturated rings. The number of pyridine rings is 1. The number of morpholine rings is 1. The van der Waals surface area contributed by atoms with Crippen LogP contribution in [0.1, 0.15) is 25.7 Å². The molecular weight excluding hydrogens is 446 g/mol. The quantitative estimate of drug-likeness (QED) is 0.585. The van der Waals surface area contributed by atoms with Crippen molar-refractivity contribution < 1.29 is 14.3 Å². The first kappa shape index (κ1) is 23.4. The van der Waals surface area contributed by atoms with E-state index in [4.69, 9.17) is 9.47 Å². The van der Waals surface area contributed by atoms with Crippen LogP contribution in [0.5, 0.6) is 5.75 Å². The lowest BCUT2D eigenvalue weighted by molar-refractivity contribution is -0.121. The minimum Gasteiger partial charge on any atom is -0.497 e. The van der Waals surface area contributed by atoms with Gasteiger partial charge in [0, 0.05) is 56.6 Å². The van der Waals surface area contributed by atoms with Gasteiger partial charge in [0.05, 0.1) is 31.4 Å². The molecule has 1 N–H and O–H groups in total. The number of carbonyl (C=O) groups is 1. The highest BCUT2D eigenvalue weighted by Gasteiger charge is 2.28. The molecule has 3 aromatic rings. The minimum atomic E-state index is -0.0180. The van der Waals surface area contributed by atoms with Crippen molar-refractivity contribution in [2.45, 2.75) is 32.2 Å². The van der Waals surface area contributed by atoms with Crippen molar-refractivity contribution in [1.82, 2.24) is 14.1 Å². The number of anilines is 2. The van der Waals surface area contributed by atoms with Gasteiger partial charge in [-0.05, 0) is 49.8 Å². The number of methoxy groups -OCH3 is 1. The van der Waals surface area contributed by atoms with Crippen LogP contribution in [-0.4, -0.2) is 53.4 Å². The third-order valence-corrected chi connectivity index (χ3v) is 7.36. The number of hydrogen-bond acceptors (Lipinski definition) is 6. The molecule has 2 aliphatic rings. The Balaban J connectivity index is 1.20. The standard InChI is InChI=1S/C26H33N5O4/c1-29-22-8-7-21(34-2)16-23(22)31(26(29)33)17-18-3-5-19(6-4-18)25(32)28-20-9-10-27-24(15-20)30-11-13-35-14-12-30/h7-10,15-16,18-19H,3-6,11-14,17H2,1-2H3,(H,27,28,32). The maximum absolute atomic E-state index is 13.0. The second-order valence-corrected chi connectivity index (χ2v) is 9.52. The Morgan fingerprint density at radius 1 is 1.11 bits per heavy atom. The van der Waals surface area contributed by atoms with Crippen molar-refractivity contribution in [1.29, 1.82) is 0 Å². The van der Waals surface area contributed by atoms with Gasteiger partial charge >= 0.3 is 5.69 Å². The summed E-state index contributed by atoms with van der Waals surface area (Å²) in [4.78, 5) is 32.5. The van der Waals surface area contributed by atoms with Gasteiger partial charge in [-0.15, -0.1) is 0 Å². The van der Waals surface area contributed by atoms with E-state index in [2.05, 4.69) is 15.2 Å². The molecule has 1 saturated heterocycles. The predicted octanol–water partition coefficient (Wildman–Crippen LogP) is 3.03. The van der Waals surface area contributed by atoms with Crippen LogP contribution in [0.15, 0.2) is 41.3 Å². The lowest BCUT2D eigenvalue weighted by atomic mass is 9.81. The van der Waals surface area contributed by atoms with E-state index in [0.717, 1.165) is 67.1 Å². The summed E-state index contributed by atoms with van der Waals surface area (Å²) in [5, 5.41) is 3.10. The van der Waals surface area contributed by atoms with Gasteiger partial charge in [0.1, 0.15) is 11.6 Å². The van der Waals surface area contributed by atoms with E-state index in [1.807, 2.05) is 34.9 Å². The van der Waals surface area contributed by atoms with Crippen LogP contribution in [0.2, 0.25) is 0 Å². The van der Waals surface area contributed by atoms with Crippen LogP contribution >= 0.6 is 0 Å². The van der Waals surface area contributed by atoms with Crippen molar-refractivity contribution in [2.75, 3.05) is 43.6 Å². The minimum absolute atomic E-state index is 0.0121. The van der Waals surface area contributed by atoms with Gasteiger partial charge in [-0.25, -0.2) is 9.78 Å². The average Bonchev–Trinajstić information content (AvgIpc) is 3.14. The SMILES string of the molecule is COc1ccc2c(c1)n(CC1CCC(C(=O)Nc3ccnc(N4CCOCC4)c3)CC1)c(=O)n2C. The number of carbonyl (C=O) groups excluding carboxylic acids is 1. The smallest absolute Gasteiger partial charge is 0.328 e. The molecule has 5 rings (SSSR count). The Kier molecular flexibility index (Phi) is 6.77. The number of aryl methyl sites for hydroxylation is 1. The molecule has 186 valence electrons. The second kappa shape index (κ2) is 10.1. The molecular formula is C26H33N5O4. The Labute approximate surface area is 204 Å². The molecule has 0 atom stereocenters. The summed E-state index contributed by atoms with van der Waals surface area (Å²) in [6, 6.07) is 9.51. The summed E-state index contributed by atoms with van der Waals surface area (Å²) in [6.07, 6.45) is 5.22. The van der Waals surface area contributed by atoms with Crippen molar-refractivity contribution >= 4 is 28.4 Å². The van der Waals surface area contributed by atoms with Gasteiger partial charge in [-0.2, -0.15) is 0 Å². The second-order valence-electron chi connectivity index (χ2n) is 9.52. The van der Waals surface area contributed by atoms with E-state index in [0.29, 0.717) is 25.7 Å². The summed E-state index contributed by atoms with van der Waals surface area (Å²) in [5.41, 5.74) is 2.56. The molecule has 0 radical (unpaired) electrons. The molecule has 1 aliphatic heterocycles. The molecule has 35 heavy (non-hydrogen) atoms. The van der Waals surface area contributed by atoms with Crippen LogP contribution in [0, 0.1) is 11.8 Å². The van der Waals surface area contributed by atoms with Gasteiger partial charge in [-0.1, -0.05) is 0 Å². The first-order chi connectivity index (χ1) is 17.0. The molecule has 1 amide bonds. The predicted molar refractivity (Wildman–Crippen MR) is 135 cm³/mol. The average molecular weight is 480 g/mol. The summed E-state index contributed by atoms with van der Waals surface area (Å²) >= 11 is 0. The highest BCUT2D eigenvalue weighted by Crippen LogP contribution is 2.32. The van der Waals surface area contributed by atoms with Gasteiger partial charge in [0.15, 0.2) is 0 Å². The molecule has 0 unspecified atom stereocenters. The summed E-state index contributed by atoms with van der Waals surface area (Å²) in [6.45, 7) is 3.66. The van der Waals surface area contributed by atoms with Crippen LogP contribution in [-0.2, 0) is 23.1 Å². The van der Waals surface area contributed by atoms with Crippen LogP contribution in [0.25, 0.3) is 11.0 Å². The normalized spacial score (nSPS) is 20.7. The fraction of sp³-hybridized carbons (Fsp3) is 0.500. The lowest BCUT2D eigenvalue weighted by Gasteiger charge is -2.29. The number of hydrogen-bond donors (Lipinski definition) is 1. The molecule has 0 spiro atoms. The van der Waals surface area contributed by atoms with Crippen molar-refractivity contribution in [3.63, 3.8) is 0 Å². The zero-order valence-corrected chi connectivity index (χ0v) is 20.4. The first-order valence-corrected chi connectivity index (χ1v) is 12.4. The third-order valence-electron chi connectivity index (χ3n) is 7.36. The summed E-state index contributed by atoms with van der Waals surface area (Å²) in [5.74, 6) is 2.02. The van der Waals surface area contributed by atoms with Gasteiger partial charge < -0.3 is 19.7 Å². The number of aromatic nitrogens is 3. The number of benzene rings is 1. The first-order valence-electron chi connectivity index (χ1n) is 12.4. The monoisotopic (exact) mass is 479 g/mol. The molecule has 1 aliphatic carbocycles. The van der Waals surface area contributed by atoms with E-state index in [1.54, 1.807) is 24.9 Å². The maximum Gasteiger partial charge on any atom is 0.328 e. The van der Waals surface area contributed by atoms with Gasteiger partial charge in [0.2, 0.25) is 5.91 Å². The number of amides is 1. The fourth-order valence-electron chi connectivity index (χ4n) is 5.26. The van der Waals surface area contributed by atoms with E-state index in [9.17, 15) is 9.59 Å². The molecule has 9 heteroatoms. The number of fused-ring (bicyclic) bond motifs is 1. The van der Waals surface area contributed by atoms with Gasteiger partial charge in [0.25, 0.3) is 0 Å². The number of imidazole rings is 1. The van der Waals surface area contributed by atoms with E-state index < -0.39 is 0 Å². The Morgan fingerprint density at radius 3 is 2.63 bits per heavy atom. The Bertz CT molecular complexity index is 1250. The van der Waals surface area contributed by atoms with Crippen molar-refractivity contribution in [3.05, 3.63) is 47.0 Å². The van der Waals surface area contributed by atoms with E-state index >= 15 is 0 Å². The highest BCUT2D eigenvalue weighted by atomic mass is 16.5. The van der Waals surface area contributed by atoms with Crippen LogP contribution in [0.3, 0.4) is 0 Å². The topological polar surface area (TPSA) is 90.6 Å². The molecule has 0 bridgehead atoms. The number of ether oxygens (including phenoxy) is 2. The fourth-order valence-corrected chi connectivity index (χ4v) is 5.26. The Morgan fingerprint density at radius 2 is 1.89 bits per heavy atom. The van der Waals surface area contributed by atoms with Crippen LogP contribution < -0.4 is 20.6 Å². The van der Waals surface area contributed by atoms with E-state index in [-0.39, 0.29) is 17.5 Å². The van der Waals surface area contributed by atoms with Crippen molar-refractivity contribution in [3.8, 4) is 5.75 Å². The molecule has 9 nitrogen and oxygen atoms in total. The zero-order chi connectivity index (χ0) is 24.4. The number of rotatable bonds is 6. The zero-order valence-electron chi connectivity index (χ0n) is 20.4. The largest absolute Gasteiger partial charge is 0.497 e. The maximum atomic E-state index is 13.0. The molecule has 1 aromatic carbocycles. The lowest BCUT2D eigenvalue weighted by Crippen LogP contribution is -2.36. The third kappa shape index (κ3) is 4.91.